The van der Waals surface area contributed by atoms with Crippen molar-refractivity contribution in [2.75, 3.05) is 13.7 Å². The van der Waals surface area contributed by atoms with Crippen LogP contribution in [0.1, 0.15) is 28.9 Å². The van der Waals surface area contributed by atoms with Crippen molar-refractivity contribution in [3.8, 4) is 0 Å². The first-order valence-electron chi connectivity index (χ1n) is 6.32. The van der Waals surface area contributed by atoms with Gasteiger partial charge in [0.2, 0.25) is 0 Å². The standard InChI is InChI=1S/C12H17N5O3/c1-3-16-6-5-13-10(16)8-17-9(4-7-20-2)11(12(18)19)14-15-17/h5-6H,3-4,7-8H2,1-2H3,(H,18,19). The van der Waals surface area contributed by atoms with E-state index in [0.717, 1.165) is 12.4 Å². The fraction of sp³-hybridized carbons (Fsp3) is 0.500. The lowest BCUT2D eigenvalue weighted by Crippen LogP contribution is -2.14. The summed E-state index contributed by atoms with van der Waals surface area (Å²) >= 11 is 0. The van der Waals surface area contributed by atoms with Gasteiger partial charge in [-0.1, -0.05) is 5.21 Å². The molecule has 8 heteroatoms. The van der Waals surface area contributed by atoms with Crippen LogP contribution in [-0.4, -0.2) is 49.3 Å². The molecule has 0 radical (unpaired) electrons. The molecule has 2 aromatic heterocycles. The first-order valence-corrected chi connectivity index (χ1v) is 6.32. The zero-order chi connectivity index (χ0) is 14.5. The van der Waals surface area contributed by atoms with Gasteiger partial charge in [-0.05, 0) is 6.92 Å². The summed E-state index contributed by atoms with van der Waals surface area (Å²) < 4.78 is 8.54. The molecule has 0 aliphatic carbocycles. The number of carboxylic acid groups (broad SMARTS) is 1. The zero-order valence-corrected chi connectivity index (χ0v) is 11.5. The number of ether oxygens (including phenoxy) is 1. The van der Waals surface area contributed by atoms with Crippen molar-refractivity contribution in [2.24, 2.45) is 0 Å². The number of imidazole rings is 1. The minimum absolute atomic E-state index is 0.0309. The van der Waals surface area contributed by atoms with Crippen LogP contribution in [0.5, 0.6) is 0 Å². The first kappa shape index (κ1) is 14.2. The third-order valence-electron chi connectivity index (χ3n) is 3.02. The Morgan fingerprint density at radius 2 is 2.30 bits per heavy atom. The number of carboxylic acids is 1. The Kier molecular flexibility index (Phi) is 4.46. The average molecular weight is 279 g/mol. The average Bonchev–Trinajstić information content (AvgIpc) is 3.03. The molecule has 0 saturated heterocycles. The lowest BCUT2D eigenvalue weighted by molar-refractivity contribution is 0.0688. The molecule has 0 fully saturated rings. The van der Waals surface area contributed by atoms with Crippen molar-refractivity contribution in [1.82, 2.24) is 24.5 Å². The Morgan fingerprint density at radius 3 is 2.95 bits per heavy atom. The van der Waals surface area contributed by atoms with Gasteiger partial charge in [-0.2, -0.15) is 0 Å². The second kappa shape index (κ2) is 6.29. The molecular weight excluding hydrogens is 262 g/mol. The van der Waals surface area contributed by atoms with Gasteiger partial charge >= 0.3 is 5.97 Å². The highest BCUT2D eigenvalue weighted by molar-refractivity contribution is 5.86. The van der Waals surface area contributed by atoms with E-state index in [-0.39, 0.29) is 5.69 Å². The van der Waals surface area contributed by atoms with E-state index >= 15 is 0 Å². The van der Waals surface area contributed by atoms with Crippen molar-refractivity contribution in [2.45, 2.75) is 26.4 Å². The van der Waals surface area contributed by atoms with Crippen molar-refractivity contribution in [1.29, 1.82) is 0 Å². The molecule has 8 nitrogen and oxygen atoms in total. The predicted octanol–water partition coefficient (Wildman–Crippen LogP) is 0.430. The Hall–Kier alpha value is -2.22. The third-order valence-corrected chi connectivity index (χ3v) is 3.02. The molecule has 1 N–H and O–H groups in total. The van der Waals surface area contributed by atoms with Crippen molar-refractivity contribution >= 4 is 5.97 Å². The smallest absolute Gasteiger partial charge is 0.358 e. The van der Waals surface area contributed by atoms with E-state index in [0.29, 0.717) is 25.3 Å². The summed E-state index contributed by atoms with van der Waals surface area (Å²) in [5, 5.41) is 16.8. The van der Waals surface area contributed by atoms with Crippen LogP contribution in [0.25, 0.3) is 0 Å². The van der Waals surface area contributed by atoms with E-state index in [2.05, 4.69) is 15.3 Å². The summed E-state index contributed by atoms with van der Waals surface area (Å²) in [5.74, 6) is -0.269. The summed E-state index contributed by atoms with van der Waals surface area (Å²) in [6.45, 7) is 3.61. The van der Waals surface area contributed by atoms with Crippen molar-refractivity contribution < 1.29 is 14.6 Å². The molecule has 0 bridgehead atoms. The van der Waals surface area contributed by atoms with Crippen LogP contribution in [0.15, 0.2) is 12.4 Å². The maximum Gasteiger partial charge on any atom is 0.358 e. The van der Waals surface area contributed by atoms with E-state index in [1.165, 1.54) is 0 Å². The quantitative estimate of drug-likeness (QED) is 0.789. The molecular formula is C12H17N5O3. The maximum absolute atomic E-state index is 11.1. The maximum atomic E-state index is 11.1. The van der Waals surface area contributed by atoms with Crippen LogP contribution < -0.4 is 0 Å². The van der Waals surface area contributed by atoms with Crippen LogP contribution in [0.3, 0.4) is 0 Å². The number of hydrogen-bond acceptors (Lipinski definition) is 5. The molecule has 20 heavy (non-hydrogen) atoms. The van der Waals surface area contributed by atoms with Crippen LogP contribution in [0, 0.1) is 0 Å². The van der Waals surface area contributed by atoms with Gasteiger partial charge in [0.05, 0.1) is 12.3 Å². The van der Waals surface area contributed by atoms with Gasteiger partial charge < -0.3 is 14.4 Å². The second-order valence-corrected chi connectivity index (χ2v) is 4.22. The third kappa shape index (κ3) is 2.85. The highest BCUT2D eigenvalue weighted by atomic mass is 16.5. The van der Waals surface area contributed by atoms with Crippen LogP contribution in [0.2, 0.25) is 0 Å². The van der Waals surface area contributed by atoms with Gasteiger partial charge in [0.15, 0.2) is 5.69 Å². The molecule has 2 aromatic rings. The molecule has 0 atom stereocenters. The molecule has 108 valence electrons. The molecule has 0 amide bonds. The predicted molar refractivity (Wildman–Crippen MR) is 69.6 cm³/mol. The van der Waals surface area contributed by atoms with Gasteiger partial charge in [0, 0.05) is 32.5 Å². The highest BCUT2D eigenvalue weighted by Crippen LogP contribution is 2.10. The highest BCUT2D eigenvalue weighted by Gasteiger charge is 2.19. The van der Waals surface area contributed by atoms with E-state index in [9.17, 15) is 4.79 Å². The molecule has 2 heterocycles. The van der Waals surface area contributed by atoms with Gasteiger partial charge in [0.25, 0.3) is 0 Å². The Labute approximate surface area is 116 Å². The zero-order valence-electron chi connectivity index (χ0n) is 11.5. The summed E-state index contributed by atoms with van der Waals surface area (Å²) in [5.41, 5.74) is 0.515. The largest absolute Gasteiger partial charge is 0.476 e. The Bertz CT molecular complexity index is 590. The number of hydrogen-bond donors (Lipinski definition) is 1. The van der Waals surface area contributed by atoms with Crippen LogP contribution in [0.4, 0.5) is 0 Å². The number of aromatic carboxylic acids is 1. The lowest BCUT2D eigenvalue weighted by Gasteiger charge is -2.08. The number of aryl methyl sites for hydroxylation is 1. The van der Waals surface area contributed by atoms with Crippen LogP contribution in [-0.2, 0) is 24.2 Å². The van der Waals surface area contributed by atoms with Crippen molar-refractivity contribution in [3.63, 3.8) is 0 Å². The molecule has 0 aliphatic rings. The molecule has 0 aliphatic heterocycles. The minimum atomic E-state index is -1.08. The normalized spacial score (nSPS) is 10.9. The number of rotatable bonds is 7. The van der Waals surface area contributed by atoms with Gasteiger partial charge in [-0.15, -0.1) is 5.10 Å². The second-order valence-electron chi connectivity index (χ2n) is 4.22. The molecule has 0 aromatic carbocycles. The van der Waals surface area contributed by atoms with E-state index in [4.69, 9.17) is 9.84 Å². The first-order chi connectivity index (χ1) is 9.67. The van der Waals surface area contributed by atoms with Gasteiger partial charge in [-0.3, -0.25) is 0 Å². The Morgan fingerprint density at radius 1 is 1.50 bits per heavy atom. The Balaban J connectivity index is 2.29. The van der Waals surface area contributed by atoms with E-state index in [1.807, 2.05) is 17.7 Å². The fourth-order valence-corrected chi connectivity index (χ4v) is 1.99. The van der Waals surface area contributed by atoms with Crippen LogP contribution >= 0.6 is 0 Å². The monoisotopic (exact) mass is 279 g/mol. The van der Waals surface area contributed by atoms with Gasteiger partial charge in [-0.25, -0.2) is 14.5 Å². The van der Waals surface area contributed by atoms with E-state index < -0.39 is 5.97 Å². The SMILES string of the molecule is CCn1ccnc1Cn1nnc(C(=O)O)c1CCOC. The summed E-state index contributed by atoms with van der Waals surface area (Å²) in [6.07, 6.45) is 4.03. The van der Waals surface area contributed by atoms with E-state index in [1.54, 1.807) is 18.0 Å². The topological polar surface area (TPSA) is 95.1 Å². The molecule has 0 spiro atoms. The number of methoxy groups -OCH3 is 1. The fourth-order valence-electron chi connectivity index (χ4n) is 1.99. The molecule has 2 rings (SSSR count). The minimum Gasteiger partial charge on any atom is -0.476 e. The summed E-state index contributed by atoms with van der Waals surface area (Å²) in [6, 6.07) is 0. The number of nitrogens with zero attached hydrogens (tertiary/aromatic N) is 5. The molecule has 0 saturated carbocycles. The number of carbonyl (C=O) groups is 1. The lowest BCUT2D eigenvalue weighted by atomic mass is 10.2. The number of aromatic nitrogens is 5. The summed E-state index contributed by atoms with van der Waals surface area (Å²) in [7, 11) is 1.57. The summed E-state index contributed by atoms with van der Waals surface area (Å²) in [4.78, 5) is 15.4. The molecule has 0 unspecified atom stereocenters. The van der Waals surface area contributed by atoms with Crippen molar-refractivity contribution in [3.05, 3.63) is 29.6 Å². The van der Waals surface area contributed by atoms with Gasteiger partial charge in [0.1, 0.15) is 12.4 Å².